The van der Waals surface area contributed by atoms with Gasteiger partial charge in [-0.05, 0) is 81.7 Å². The largest absolute Gasteiger partial charge is 0.472 e. The van der Waals surface area contributed by atoms with Gasteiger partial charge in [-0.15, -0.1) is 11.3 Å². The molecule has 0 aliphatic carbocycles. The van der Waals surface area contributed by atoms with E-state index in [1.807, 2.05) is 36.4 Å². The number of imidazole rings is 1. The zero-order chi connectivity index (χ0) is 35.1. The number of carbonyl (C=O) groups excluding carboxylic acids is 1. The number of amides is 1. The lowest BCUT2D eigenvalue weighted by Gasteiger charge is -2.32. The Hall–Kier alpha value is -5.23. The molecule has 1 atom stereocenters. The highest BCUT2D eigenvalue weighted by molar-refractivity contribution is 7.12. The lowest BCUT2D eigenvalue weighted by atomic mass is 9.93. The molecule has 0 saturated carbocycles. The number of carbonyl (C=O) groups is 1. The van der Waals surface area contributed by atoms with Crippen molar-refractivity contribution in [1.29, 1.82) is 5.26 Å². The summed E-state index contributed by atoms with van der Waals surface area (Å²) in [6.07, 6.45) is 2.97. The first-order valence-electron chi connectivity index (χ1n) is 16.9. The number of anilines is 1. The molecular weight excluding hydrogens is 675 g/mol. The van der Waals surface area contributed by atoms with Crippen molar-refractivity contribution in [3.05, 3.63) is 98.8 Å². The van der Waals surface area contributed by atoms with Crippen LogP contribution in [-0.4, -0.2) is 61.3 Å². The number of hydrogen-bond acceptors (Lipinski definition) is 9. The number of fused-ring (bicyclic) bond motifs is 2. The second-order valence-corrected chi connectivity index (χ2v) is 14.2. The number of H-pyrrole nitrogens is 1. The SMILES string of the molecule is Cc1[nH]nc2c(F)cc(C(=O)Nc3ccc4c(c3)nc(CN3CCC(c5cccc(OCc6cc(F)c(C#N)s6)n5)CC3)n4C[C@@H]3CCO3)cc12. The number of likely N-dealkylation sites (tertiary alicyclic amines) is 1. The van der Waals surface area contributed by atoms with Crippen LogP contribution in [0.1, 0.15) is 62.5 Å². The molecule has 51 heavy (non-hydrogen) atoms. The molecule has 2 aliphatic rings. The Morgan fingerprint density at radius 3 is 2.73 bits per heavy atom. The number of nitrogens with zero attached hydrogens (tertiary/aromatic N) is 6. The van der Waals surface area contributed by atoms with Crippen molar-refractivity contribution in [2.24, 2.45) is 0 Å². The molecule has 14 heteroatoms. The quantitative estimate of drug-likeness (QED) is 0.158. The van der Waals surface area contributed by atoms with Gasteiger partial charge in [0.1, 0.15) is 28.9 Å². The number of aromatic amines is 1. The Balaban J connectivity index is 0.941. The Labute approximate surface area is 295 Å². The van der Waals surface area contributed by atoms with E-state index >= 15 is 0 Å². The number of rotatable bonds is 10. The molecule has 2 aliphatic heterocycles. The van der Waals surface area contributed by atoms with Gasteiger partial charge >= 0.3 is 0 Å². The molecule has 0 bridgehead atoms. The number of piperidine rings is 1. The molecule has 11 nitrogen and oxygen atoms in total. The summed E-state index contributed by atoms with van der Waals surface area (Å²) in [7, 11) is 0. The molecule has 0 unspecified atom stereocenters. The van der Waals surface area contributed by atoms with Crippen LogP contribution in [0.4, 0.5) is 14.5 Å². The van der Waals surface area contributed by atoms with E-state index in [2.05, 4.69) is 25.0 Å². The summed E-state index contributed by atoms with van der Waals surface area (Å²) in [4.78, 5) is 26.1. The third-order valence-electron chi connectivity index (χ3n) is 9.65. The van der Waals surface area contributed by atoms with Crippen LogP contribution in [0, 0.1) is 29.9 Å². The van der Waals surface area contributed by atoms with Crippen LogP contribution >= 0.6 is 11.3 Å². The van der Waals surface area contributed by atoms with E-state index in [-0.39, 0.29) is 34.6 Å². The van der Waals surface area contributed by atoms with Crippen molar-refractivity contribution >= 4 is 44.9 Å². The highest BCUT2D eigenvalue weighted by atomic mass is 32.1. The Morgan fingerprint density at radius 2 is 1.96 bits per heavy atom. The lowest BCUT2D eigenvalue weighted by Crippen LogP contribution is -2.35. The minimum Gasteiger partial charge on any atom is -0.472 e. The predicted octanol–water partition coefficient (Wildman–Crippen LogP) is 6.83. The number of pyridine rings is 1. The van der Waals surface area contributed by atoms with Gasteiger partial charge in [0.05, 0.1) is 30.2 Å². The van der Waals surface area contributed by atoms with Gasteiger partial charge in [-0.2, -0.15) is 10.4 Å². The predicted molar refractivity (Wildman–Crippen MR) is 188 cm³/mol. The summed E-state index contributed by atoms with van der Waals surface area (Å²) in [5, 5.41) is 19.3. The van der Waals surface area contributed by atoms with Gasteiger partial charge in [0, 0.05) is 51.5 Å². The topological polar surface area (TPSA) is 134 Å². The molecule has 2 saturated heterocycles. The number of nitriles is 1. The number of halogens is 2. The minimum absolute atomic E-state index is 0.0527. The first-order valence-corrected chi connectivity index (χ1v) is 17.7. The van der Waals surface area contributed by atoms with Crippen LogP contribution in [0.5, 0.6) is 5.88 Å². The van der Waals surface area contributed by atoms with Gasteiger partial charge in [0.15, 0.2) is 11.6 Å². The van der Waals surface area contributed by atoms with Crippen molar-refractivity contribution in [3.63, 3.8) is 0 Å². The van der Waals surface area contributed by atoms with Gasteiger partial charge in [0.25, 0.3) is 5.91 Å². The van der Waals surface area contributed by atoms with Gasteiger partial charge in [-0.3, -0.25) is 14.8 Å². The normalized spacial score (nSPS) is 16.7. The van der Waals surface area contributed by atoms with Crippen LogP contribution in [-0.2, 0) is 24.4 Å². The molecule has 260 valence electrons. The molecule has 2 N–H and O–H groups in total. The highest BCUT2D eigenvalue weighted by Crippen LogP contribution is 2.31. The van der Waals surface area contributed by atoms with Crippen LogP contribution in [0.3, 0.4) is 0 Å². The molecular formula is C37H34F2N8O3S. The summed E-state index contributed by atoms with van der Waals surface area (Å²) < 4.78 is 42.3. The Bertz CT molecular complexity index is 2300. The standard InChI is InChI=1S/C37H34F2N8O3S/c1-21-27-13-23(14-29(39)36(27)45-44-21)37(48)41-24-5-6-32-31(15-24)42-34(47(32)18-25-9-12-49-25)19-46-10-7-22(8-11-46)30-3-2-4-35(43-30)50-20-26-16-28(38)33(17-40)51-26/h2-6,13-16,22,25H,7-12,18-20H2,1H3,(H,41,48)(H,44,45)/t25-/m0/s1. The van der Waals surface area contributed by atoms with E-state index in [0.717, 1.165) is 72.8 Å². The van der Waals surface area contributed by atoms with Crippen molar-refractivity contribution in [3.8, 4) is 11.9 Å². The number of aromatic nitrogens is 5. The van der Waals surface area contributed by atoms with Crippen LogP contribution < -0.4 is 10.1 Å². The van der Waals surface area contributed by atoms with Crippen LogP contribution in [0.25, 0.3) is 21.9 Å². The number of benzene rings is 2. The zero-order valence-electron chi connectivity index (χ0n) is 27.8. The monoisotopic (exact) mass is 708 g/mol. The average Bonchev–Trinajstić information content (AvgIpc) is 3.79. The smallest absolute Gasteiger partial charge is 0.255 e. The molecule has 4 aromatic heterocycles. The summed E-state index contributed by atoms with van der Waals surface area (Å²) in [6, 6.07) is 17.5. The number of ether oxygens (including phenoxy) is 2. The summed E-state index contributed by atoms with van der Waals surface area (Å²) in [6.45, 7) is 5.79. The Morgan fingerprint density at radius 1 is 1.12 bits per heavy atom. The number of thiophene rings is 1. The molecule has 0 spiro atoms. The van der Waals surface area contributed by atoms with Crippen molar-refractivity contribution in [1.82, 2.24) is 29.6 Å². The second kappa shape index (κ2) is 13.8. The molecule has 0 radical (unpaired) electrons. The summed E-state index contributed by atoms with van der Waals surface area (Å²) >= 11 is 1.09. The van der Waals surface area contributed by atoms with Crippen molar-refractivity contribution < 1.29 is 23.0 Å². The zero-order valence-corrected chi connectivity index (χ0v) is 28.6. The van der Waals surface area contributed by atoms with E-state index in [4.69, 9.17) is 24.7 Å². The van der Waals surface area contributed by atoms with Crippen molar-refractivity contribution in [2.75, 3.05) is 25.0 Å². The van der Waals surface area contributed by atoms with Gasteiger partial charge < -0.3 is 19.4 Å². The molecule has 1 amide bonds. The fourth-order valence-electron chi connectivity index (χ4n) is 6.78. The van der Waals surface area contributed by atoms with E-state index in [0.29, 0.717) is 40.6 Å². The van der Waals surface area contributed by atoms with Gasteiger partial charge in [-0.1, -0.05) is 6.07 Å². The van der Waals surface area contributed by atoms with E-state index < -0.39 is 17.5 Å². The minimum atomic E-state index is -0.554. The lowest BCUT2D eigenvalue weighted by molar-refractivity contribution is -0.0592. The Kier molecular flexibility index (Phi) is 8.93. The number of nitrogens with one attached hydrogen (secondary N) is 2. The third-order valence-corrected chi connectivity index (χ3v) is 10.6. The van der Waals surface area contributed by atoms with Crippen LogP contribution in [0.15, 0.2) is 54.6 Å². The molecule has 2 fully saturated rings. The third kappa shape index (κ3) is 6.80. The maximum atomic E-state index is 14.7. The van der Waals surface area contributed by atoms with Crippen LogP contribution in [0.2, 0.25) is 0 Å². The highest BCUT2D eigenvalue weighted by Gasteiger charge is 2.26. The van der Waals surface area contributed by atoms with E-state index in [9.17, 15) is 13.6 Å². The summed E-state index contributed by atoms with van der Waals surface area (Å²) in [5.74, 6) is 0.190. The van der Waals surface area contributed by atoms with Gasteiger partial charge in [0.2, 0.25) is 5.88 Å². The average molecular weight is 709 g/mol. The summed E-state index contributed by atoms with van der Waals surface area (Å²) in [5.41, 5.74) is 4.37. The first-order chi connectivity index (χ1) is 24.8. The molecule has 6 heterocycles. The van der Waals surface area contributed by atoms with Crippen molar-refractivity contribution in [2.45, 2.75) is 57.9 Å². The molecule has 8 rings (SSSR count). The number of aryl methyl sites for hydroxylation is 1. The molecule has 2 aromatic carbocycles. The number of hydrogen-bond donors (Lipinski definition) is 2. The van der Waals surface area contributed by atoms with Gasteiger partial charge in [-0.25, -0.2) is 18.7 Å². The first kappa shape index (κ1) is 32.9. The molecule has 6 aromatic rings. The fraction of sp³-hybridized carbons (Fsp3) is 0.324. The van der Waals surface area contributed by atoms with E-state index in [1.54, 1.807) is 19.1 Å². The maximum absolute atomic E-state index is 14.7. The maximum Gasteiger partial charge on any atom is 0.255 e. The second-order valence-electron chi connectivity index (χ2n) is 13.0. The van der Waals surface area contributed by atoms with E-state index in [1.165, 1.54) is 12.1 Å². The fourth-order valence-corrected chi connectivity index (χ4v) is 7.53.